The van der Waals surface area contributed by atoms with Gasteiger partial charge in [-0.1, -0.05) is 82.3 Å². The standard InChI is InChI=1S/C28H28N2S2/c1-29(21-23-9-5-3-6-10-23)25-13-17-27(18-14-25)31-32-28-19-15-26(16-20-28)30(2)22-24-11-7-4-8-12-24/h3-20H,21-22H2,1-2H3. The van der Waals surface area contributed by atoms with Crippen molar-refractivity contribution in [3.05, 3.63) is 120 Å². The number of hydrogen-bond donors (Lipinski definition) is 0. The highest BCUT2D eigenvalue weighted by atomic mass is 33.1. The van der Waals surface area contributed by atoms with Crippen molar-refractivity contribution in [1.29, 1.82) is 0 Å². The molecule has 0 bridgehead atoms. The summed E-state index contributed by atoms with van der Waals surface area (Å²) in [5.74, 6) is 0. The van der Waals surface area contributed by atoms with Crippen LogP contribution in [-0.4, -0.2) is 14.1 Å². The highest BCUT2D eigenvalue weighted by Gasteiger charge is 2.05. The van der Waals surface area contributed by atoms with Gasteiger partial charge in [0.2, 0.25) is 0 Å². The molecule has 4 rings (SSSR count). The second-order valence-corrected chi connectivity index (χ2v) is 10.1. The monoisotopic (exact) mass is 456 g/mol. The van der Waals surface area contributed by atoms with E-state index in [2.05, 4.69) is 133 Å². The zero-order chi connectivity index (χ0) is 22.2. The molecule has 0 unspecified atom stereocenters. The van der Waals surface area contributed by atoms with E-state index >= 15 is 0 Å². The van der Waals surface area contributed by atoms with Gasteiger partial charge < -0.3 is 9.80 Å². The summed E-state index contributed by atoms with van der Waals surface area (Å²) in [6.07, 6.45) is 0. The van der Waals surface area contributed by atoms with E-state index in [0.29, 0.717) is 0 Å². The molecule has 0 atom stereocenters. The van der Waals surface area contributed by atoms with Crippen molar-refractivity contribution >= 4 is 33.0 Å². The van der Waals surface area contributed by atoms with E-state index in [4.69, 9.17) is 0 Å². The van der Waals surface area contributed by atoms with Crippen LogP contribution < -0.4 is 9.80 Å². The maximum absolute atomic E-state index is 2.28. The molecule has 0 aliphatic rings. The molecule has 0 saturated carbocycles. The van der Waals surface area contributed by atoms with Crippen molar-refractivity contribution < 1.29 is 0 Å². The summed E-state index contributed by atoms with van der Waals surface area (Å²) >= 11 is 0. The normalized spacial score (nSPS) is 10.7. The van der Waals surface area contributed by atoms with Gasteiger partial charge in [-0.05, 0) is 59.7 Å². The van der Waals surface area contributed by atoms with Gasteiger partial charge >= 0.3 is 0 Å². The highest BCUT2D eigenvalue weighted by Crippen LogP contribution is 2.38. The average molecular weight is 457 g/mol. The van der Waals surface area contributed by atoms with Crippen LogP contribution >= 0.6 is 21.6 Å². The lowest BCUT2D eigenvalue weighted by Gasteiger charge is -2.20. The van der Waals surface area contributed by atoms with Crippen LogP contribution in [0, 0.1) is 0 Å². The Kier molecular flexibility index (Phi) is 7.81. The highest BCUT2D eigenvalue weighted by molar-refractivity contribution is 8.76. The van der Waals surface area contributed by atoms with Crippen LogP contribution in [0.1, 0.15) is 11.1 Å². The maximum atomic E-state index is 2.28. The van der Waals surface area contributed by atoms with Gasteiger partial charge in [-0.2, -0.15) is 0 Å². The van der Waals surface area contributed by atoms with Crippen LogP contribution in [0.4, 0.5) is 11.4 Å². The lowest BCUT2D eigenvalue weighted by Crippen LogP contribution is -2.16. The van der Waals surface area contributed by atoms with Crippen molar-refractivity contribution in [3.63, 3.8) is 0 Å². The molecule has 0 saturated heterocycles. The van der Waals surface area contributed by atoms with E-state index in [1.807, 2.05) is 0 Å². The first-order chi connectivity index (χ1) is 15.7. The Morgan fingerprint density at radius 3 is 1.16 bits per heavy atom. The third kappa shape index (κ3) is 6.35. The summed E-state index contributed by atoms with van der Waals surface area (Å²) in [7, 11) is 7.88. The Labute approximate surface area is 199 Å². The molecule has 0 fully saturated rings. The fraction of sp³-hybridized carbons (Fsp3) is 0.143. The third-order valence-corrected chi connectivity index (χ3v) is 7.73. The Morgan fingerprint density at radius 2 is 0.812 bits per heavy atom. The van der Waals surface area contributed by atoms with Gasteiger partial charge in [-0.3, -0.25) is 0 Å². The second-order valence-electron chi connectivity index (χ2n) is 7.84. The van der Waals surface area contributed by atoms with Crippen molar-refractivity contribution in [1.82, 2.24) is 0 Å². The summed E-state index contributed by atoms with van der Waals surface area (Å²) in [5.41, 5.74) is 5.10. The number of anilines is 2. The molecular weight excluding hydrogens is 428 g/mol. The number of benzene rings is 4. The molecule has 0 radical (unpaired) electrons. The Hall–Kier alpha value is -2.82. The summed E-state index contributed by atoms with van der Waals surface area (Å²) in [5, 5.41) is 0. The molecule has 0 N–H and O–H groups in total. The molecule has 2 nitrogen and oxygen atoms in total. The molecule has 0 aliphatic carbocycles. The quantitative estimate of drug-likeness (QED) is 0.237. The first-order valence-corrected chi connectivity index (χ1v) is 12.9. The lowest BCUT2D eigenvalue weighted by atomic mass is 10.2. The SMILES string of the molecule is CN(Cc1ccccc1)c1ccc(SSc2ccc(N(C)Cc3ccccc3)cc2)cc1. The van der Waals surface area contributed by atoms with E-state index in [1.165, 1.54) is 32.3 Å². The predicted molar refractivity (Wildman–Crippen MR) is 142 cm³/mol. The third-order valence-electron chi connectivity index (χ3n) is 5.31. The minimum absolute atomic E-state index is 0.910. The van der Waals surface area contributed by atoms with Gasteiger partial charge in [0.1, 0.15) is 0 Å². The zero-order valence-electron chi connectivity index (χ0n) is 18.5. The minimum Gasteiger partial charge on any atom is -0.370 e. The van der Waals surface area contributed by atoms with E-state index in [0.717, 1.165) is 13.1 Å². The van der Waals surface area contributed by atoms with E-state index in [9.17, 15) is 0 Å². The Balaban J connectivity index is 1.28. The molecule has 162 valence electrons. The molecule has 4 aromatic carbocycles. The van der Waals surface area contributed by atoms with Gasteiger partial charge in [-0.15, -0.1) is 0 Å². The zero-order valence-corrected chi connectivity index (χ0v) is 20.2. The summed E-state index contributed by atoms with van der Waals surface area (Å²) in [6, 6.07) is 38.8. The van der Waals surface area contributed by atoms with Crippen LogP contribution in [-0.2, 0) is 13.1 Å². The van der Waals surface area contributed by atoms with Crippen LogP contribution in [0.15, 0.2) is 119 Å². The van der Waals surface area contributed by atoms with E-state index in [1.54, 1.807) is 21.6 Å². The number of rotatable bonds is 9. The van der Waals surface area contributed by atoms with Gasteiger partial charge in [0.25, 0.3) is 0 Å². The predicted octanol–water partition coefficient (Wildman–Crippen LogP) is 7.76. The molecule has 4 aromatic rings. The van der Waals surface area contributed by atoms with Gasteiger partial charge in [0, 0.05) is 48.4 Å². The van der Waals surface area contributed by atoms with Gasteiger partial charge in [0.15, 0.2) is 0 Å². The van der Waals surface area contributed by atoms with Gasteiger partial charge in [0.05, 0.1) is 0 Å². The first kappa shape index (κ1) is 22.4. The number of hydrogen-bond acceptors (Lipinski definition) is 4. The minimum atomic E-state index is 0.910. The van der Waals surface area contributed by atoms with Gasteiger partial charge in [-0.25, -0.2) is 0 Å². The molecule has 0 aliphatic heterocycles. The largest absolute Gasteiger partial charge is 0.370 e. The molecule has 0 spiro atoms. The van der Waals surface area contributed by atoms with E-state index < -0.39 is 0 Å². The molecule has 32 heavy (non-hydrogen) atoms. The fourth-order valence-electron chi connectivity index (χ4n) is 3.51. The van der Waals surface area contributed by atoms with Crippen molar-refractivity contribution in [2.45, 2.75) is 22.9 Å². The summed E-state index contributed by atoms with van der Waals surface area (Å²) in [6.45, 7) is 1.82. The topological polar surface area (TPSA) is 6.48 Å². The van der Waals surface area contributed by atoms with Crippen LogP contribution in [0.2, 0.25) is 0 Å². The van der Waals surface area contributed by atoms with Crippen LogP contribution in [0.3, 0.4) is 0 Å². The summed E-state index contributed by atoms with van der Waals surface area (Å²) < 4.78 is 0. The molecule has 0 amide bonds. The lowest BCUT2D eigenvalue weighted by molar-refractivity contribution is 0.922. The van der Waals surface area contributed by atoms with Crippen molar-refractivity contribution in [2.24, 2.45) is 0 Å². The summed E-state index contributed by atoms with van der Waals surface area (Å²) in [4.78, 5) is 7.08. The average Bonchev–Trinajstić information content (AvgIpc) is 2.84. The van der Waals surface area contributed by atoms with Crippen LogP contribution in [0.5, 0.6) is 0 Å². The first-order valence-electron chi connectivity index (χ1n) is 10.7. The van der Waals surface area contributed by atoms with Crippen LogP contribution in [0.25, 0.3) is 0 Å². The van der Waals surface area contributed by atoms with Crippen molar-refractivity contribution in [3.8, 4) is 0 Å². The smallest absolute Gasteiger partial charge is 0.0426 e. The molecule has 0 heterocycles. The Morgan fingerprint density at radius 1 is 0.469 bits per heavy atom. The van der Waals surface area contributed by atoms with Crippen molar-refractivity contribution in [2.75, 3.05) is 23.9 Å². The Bertz CT molecular complexity index is 991. The van der Waals surface area contributed by atoms with E-state index in [-0.39, 0.29) is 0 Å². The molecular formula is C28H28N2S2. The second kappa shape index (κ2) is 11.2. The number of nitrogens with zero attached hydrogens (tertiary/aromatic N) is 2. The molecule has 0 aromatic heterocycles. The molecule has 4 heteroatoms. The fourth-order valence-corrected chi connectivity index (χ4v) is 5.44. The maximum Gasteiger partial charge on any atom is 0.0426 e.